The van der Waals surface area contributed by atoms with Gasteiger partial charge in [0.05, 0.1) is 0 Å². The van der Waals surface area contributed by atoms with Crippen molar-refractivity contribution in [3.63, 3.8) is 0 Å². The molecule has 0 aliphatic carbocycles. The van der Waals surface area contributed by atoms with Crippen LogP contribution in [0.5, 0.6) is 0 Å². The Morgan fingerprint density at radius 3 is 2.70 bits per heavy atom. The first-order valence-corrected chi connectivity index (χ1v) is 4.08. The SMILES string of the molecule is CN1[B]C2(CCC1)CNC2. The summed E-state index contributed by atoms with van der Waals surface area (Å²) in [6.45, 7) is 3.66. The maximum atomic E-state index is 3.33. The number of rotatable bonds is 0. The standard InChI is InChI=1S/C7H14BN2/c1-10-4-2-3-7(8-10)5-9-6-7/h9H,2-6H2,1H3. The highest BCUT2D eigenvalue weighted by Crippen LogP contribution is 2.38. The van der Waals surface area contributed by atoms with E-state index >= 15 is 0 Å². The molecule has 3 heteroatoms. The Balaban J connectivity index is 1.96. The Bertz CT molecular complexity index is 134. The van der Waals surface area contributed by atoms with Crippen LogP contribution in [0.15, 0.2) is 0 Å². The highest BCUT2D eigenvalue weighted by Gasteiger charge is 2.40. The van der Waals surface area contributed by atoms with Crippen molar-refractivity contribution >= 4 is 7.41 Å². The molecule has 2 rings (SSSR count). The summed E-state index contributed by atoms with van der Waals surface area (Å²) >= 11 is 0. The molecule has 55 valence electrons. The van der Waals surface area contributed by atoms with Crippen molar-refractivity contribution in [3.05, 3.63) is 0 Å². The van der Waals surface area contributed by atoms with E-state index in [9.17, 15) is 0 Å². The van der Waals surface area contributed by atoms with Crippen LogP contribution >= 0.6 is 0 Å². The second-order valence-electron chi connectivity index (χ2n) is 3.68. The average molecular weight is 137 g/mol. The molecule has 0 aromatic carbocycles. The van der Waals surface area contributed by atoms with E-state index in [1.54, 1.807) is 0 Å². The molecule has 0 unspecified atom stereocenters. The minimum atomic E-state index is 0.562. The van der Waals surface area contributed by atoms with Gasteiger partial charge in [0.25, 0.3) is 0 Å². The van der Waals surface area contributed by atoms with E-state index < -0.39 is 0 Å². The number of hydrogen-bond donors (Lipinski definition) is 1. The molecule has 0 atom stereocenters. The fraction of sp³-hybridized carbons (Fsp3) is 1.00. The lowest BCUT2D eigenvalue weighted by Gasteiger charge is -2.47. The molecule has 2 saturated heterocycles. The van der Waals surface area contributed by atoms with Gasteiger partial charge in [-0.15, -0.1) is 0 Å². The van der Waals surface area contributed by atoms with Gasteiger partial charge in [-0.2, -0.15) is 0 Å². The molecule has 0 bridgehead atoms. The van der Waals surface area contributed by atoms with Crippen LogP contribution in [0.3, 0.4) is 0 Å². The fourth-order valence-electron chi connectivity index (χ4n) is 1.99. The van der Waals surface area contributed by atoms with E-state index in [1.165, 1.54) is 32.5 Å². The number of nitrogens with zero attached hydrogens (tertiary/aromatic N) is 1. The van der Waals surface area contributed by atoms with Gasteiger partial charge in [0.1, 0.15) is 0 Å². The van der Waals surface area contributed by atoms with Gasteiger partial charge >= 0.3 is 0 Å². The largest absolute Gasteiger partial charge is 0.349 e. The summed E-state index contributed by atoms with van der Waals surface area (Å²) in [4.78, 5) is 2.34. The zero-order valence-corrected chi connectivity index (χ0v) is 6.56. The molecule has 10 heavy (non-hydrogen) atoms. The van der Waals surface area contributed by atoms with E-state index in [2.05, 4.69) is 24.6 Å². The summed E-state index contributed by atoms with van der Waals surface area (Å²) in [6.07, 6.45) is 2.76. The summed E-state index contributed by atoms with van der Waals surface area (Å²) in [7, 11) is 4.59. The molecule has 1 radical (unpaired) electrons. The second kappa shape index (κ2) is 2.24. The van der Waals surface area contributed by atoms with E-state index in [-0.39, 0.29) is 0 Å². The Morgan fingerprint density at radius 1 is 1.50 bits per heavy atom. The average Bonchev–Trinajstić information content (AvgIpc) is 1.85. The monoisotopic (exact) mass is 137 g/mol. The lowest BCUT2D eigenvalue weighted by molar-refractivity contribution is 0.281. The Kier molecular flexibility index (Phi) is 1.50. The summed E-state index contributed by atoms with van der Waals surface area (Å²) in [5.74, 6) is 0. The molecular formula is C7H14BN2. The molecule has 0 aromatic rings. The predicted molar refractivity (Wildman–Crippen MR) is 43.2 cm³/mol. The first-order valence-electron chi connectivity index (χ1n) is 4.08. The van der Waals surface area contributed by atoms with Crippen LogP contribution in [0.4, 0.5) is 0 Å². The highest BCUT2D eigenvalue weighted by molar-refractivity contribution is 6.37. The molecular weight excluding hydrogens is 123 g/mol. The van der Waals surface area contributed by atoms with Crippen LogP contribution in [0, 0.1) is 0 Å². The molecule has 1 N–H and O–H groups in total. The molecule has 2 heterocycles. The molecule has 0 aromatic heterocycles. The summed E-state index contributed by atoms with van der Waals surface area (Å²) in [5.41, 5.74) is 0. The topological polar surface area (TPSA) is 15.3 Å². The van der Waals surface area contributed by atoms with E-state index in [0.29, 0.717) is 5.31 Å². The van der Waals surface area contributed by atoms with E-state index in [0.717, 1.165) is 0 Å². The van der Waals surface area contributed by atoms with Crippen LogP contribution < -0.4 is 5.32 Å². The second-order valence-corrected chi connectivity index (χ2v) is 3.68. The van der Waals surface area contributed by atoms with Crippen LogP contribution in [0.2, 0.25) is 5.31 Å². The van der Waals surface area contributed by atoms with Gasteiger partial charge in [0.2, 0.25) is 7.41 Å². The highest BCUT2D eigenvalue weighted by atomic mass is 15.1. The van der Waals surface area contributed by atoms with Crippen LogP contribution in [0.25, 0.3) is 0 Å². The van der Waals surface area contributed by atoms with E-state index in [4.69, 9.17) is 0 Å². The van der Waals surface area contributed by atoms with Gasteiger partial charge in [-0.3, -0.25) is 0 Å². The molecule has 2 aliphatic heterocycles. The third kappa shape index (κ3) is 0.975. The third-order valence-corrected chi connectivity index (χ3v) is 2.63. The van der Waals surface area contributed by atoms with Gasteiger partial charge < -0.3 is 10.1 Å². The van der Waals surface area contributed by atoms with Crippen molar-refractivity contribution in [2.75, 3.05) is 26.7 Å². The molecule has 1 spiro atoms. The van der Waals surface area contributed by atoms with Crippen molar-refractivity contribution in [2.45, 2.75) is 18.2 Å². The fourth-order valence-corrected chi connectivity index (χ4v) is 1.99. The van der Waals surface area contributed by atoms with Crippen molar-refractivity contribution in [1.29, 1.82) is 0 Å². The van der Waals surface area contributed by atoms with Crippen LogP contribution in [0.1, 0.15) is 12.8 Å². The van der Waals surface area contributed by atoms with Crippen LogP contribution in [-0.2, 0) is 0 Å². The lowest BCUT2D eigenvalue weighted by atomic mass is 9.51. The maximum absolute atomic E-state index is 3.33. The zero-order valence-electron chi connectivity index (χ0n) is 6.56. The zero-order chi connectivity index (χ0) is 7.03. The van der Waals surface area contributed by atoms with Gasteiger partial charge in [-0.25, -0.2) is 0 Å². The summed E-state index contributed by atoms with van der Waals surface area (Å²) in [6, 6.07) is 0. The van der Waals surface area contributed by atoms with Gasteiger partial charge in [-0.05, 0) is 44.8 Å². The number of hydrogen-bond acceptors (Lipinski definition) is 2. The minimum absolute atomic E-state index is 0.562. The molecule has 2 fully saturated rings. The van der Waals surface area contributed by atoms with Crippen molar-refractivity contribution in [1.82, 2.24) is 10.1 Å². The first kappa shape index (κ1) is 6.68. The first-order chi connectivity index (χ1) is 4.81. The Labute approximate surface area is 63.2 Å². The van der Waals surface area contributed by atoms with Gasteiger partial charge in [0, 0.05) is 0 Å². The lowest BCUT2D eigenvalue weighted by Crippen LogP contribution is -2.57. The normalized spacial score (nSPS) is 31.3. The van der Waals surface area contributed by atoms with Crippen molar-refractivity contribution in [2.24, 2.45) is 0 Å². The molecule has 0 saturated carbocycles. The van der Waals surface area contributed by atoms with Crippen molar-refractivity contribution in [3.8, 4) is 0 Å². The molecule has 2 aliphatic rings. The van der Waals surface area contributed by atoms with E-state index in [1.807, 2.05) is 0 Å². The Hall–Kier alpha value is -0.0151. The molecule has 0 amide bonds. The Morgan fingerprint density at radius 2 is 2.30 bits per heavy atom. The quantitative estimate of drug-likeness (QED) is 0.476. The smallest absolute Gasteiger partial charge is 0.217 e. The number of nitrogens with one attached hydrogen (secondary N) is 1. The maximum Gasteiger partial charge on any atom is 0.217 e. The predicted octanol–water partition coefficient (Wildman–Crippen LogP) is 0.0931. The summed E-state index contributed by atoms with van der Waals surface area (Å²) in [5, 5.41) is 3.90. The van der Waals surface area contributed by atoms with Gasteiger partial charge in [-0.1, -0.05) is 0 Å². The molecule has 2 nitrogen and oxygen atoms in total. The van der Waals surface area contributed by atoms with Crippen LogP contribution in [-0.4, -0.2) is 38.9 Å². The third-order valence-electron chi connectivity index (χ3n) is 2.63. The summed E-state index contributed by atoms with van der Waals surface area (Å²) < 4.78 is 0. The van der Waals surface area contributed by atoms with Crippen molar-refractivity contribution < 1.29 is 0 Å². The van der Waals surface area contributed by atoms with Gasteiger partial charge in [0.15, 0.2) is 0 Å². The minimum Gasteiger partial charge on any atom is -0.349 e.